The summed E-state index contributed by atoms with van der Waals surface area (Å²) in [6.07, 6.45) is -14.2. The summed E-state index contributed by atoms with van der Waals surface area (Å²) in [7, 11) is 1.08. The second-order valence-electron chi connectivity index (χ2n) is 5.94. The summed E-state index contributed by atoms with van der Waals surface area (Å²) in [5.41, 5.74) is 7.07. The molecule has 0 fully saturated rings. The molecule has 0 bridgehead atoms. The molecule has 1 atom stereocenters. The van der Waals surface area contributed by atoms with Crippen LogP contribution in [0.1, 0.15) is 11.1 Å². The summed E-state index contributed by atoms with van der Waals surface area (Å²) in [5, 5.41) is 7.71. The number of nitrogens with zero attached hydrogens (tertiary/aromatic N) is 2. The van der Waals surface area contributed by atoms with E-state index < -0.39 is 24.2 Å². The van der Waals surface area contributed by atoms with Crippen LogP contribution in [0.5, 0.6) is 11.5 Å². The fraction of sp³-hybridized carbons (Fsp3) is 0.263. The Morgan fingerprint density at radius 2 is 1.77 bits per heavy atom. The van der Waals surface area contributed by atoms with E-state index in [0.717, 1.165) is 24.8 Å². The number of halogens is 6. The molecule has 2 aromatic carbocycles. The first-order chi connectivity index (χ1) is 14.5. The maximum atomic E-state index is 13.5. The summed E-state index contributed by atoms with van der Waals surface area (Å²) >= 11 is 1.24. The molecule has 12 heteroatoms. The zero-order valence-electron chi connectivity index (χ0n) is 15.9. The Balaban J connectivity index is 2.05. The average Bonchev–Trinajstić information content (AvgIpc) is 2.72. The van der Waals surface area contributed by atoms with Gasteiger partial charge in [0, 0.05) is 5.75 Å². The summed E-state index contributed by atoms with van der Waals surface area (Å²) in [6, 6.07) is 12.7. The number of hydrogen-bond donors (Lipinski definition) is 1. The van der Waals surface area contributed by atoms with Crippen molar-refractivity contribution in [1.82, 2.24) is 0 Å². The van der Waals surface area contributed by atoms with E-state index in [-0.39, 0.29) is 10.9 Å². The fourth-order valence-electron chi connectivity index (χ4n) is 2.15. The molecule has 0 heterocycles. The number of nitrogens with two attached hydrogens (primary N) is 1. The van der Waals surface area contributed by atoms with Crippen molar-refractivity contribution >= 4 is 23.1 Å². The lowest BCUT2D eigenvalue weighted by molar-refractivity contribution is -0.305. The molecule has 0 amide bonds. The third-order valence-corrected chi connectivity index (χ3v) is 4.46. The van der Waals surface area contributed by atoms with Crippen LogP contribution < -0.4 is 15.2 Å². The van der Waals surface area contributed by atoms with Gasteiger partial charge in [0.25, 0.3) is 6.17 Å². The zero-order valence-corrected chi connectivity index (χ0v) is 16.8. The Kier molecular flexibility index (Phi) is 8.20. The number of thioether (sulfide) groups is 1. The number of alkyl halides is 6. The zero-order chi connectivity index (χ0) is 23.1. The molecule has 0 aliphatic rings. The van der Waals surface area contributed by atoms with Crippen LogP contribution in [0.3, 0.4) is 0 Å². The highest BCUT2D eigenvalue weighted by Crippen LogP contribution is 2.39. The summed E-state index contributed by atoms with van der Waals surface area (Å²) < 4.78 is 85.4. The van der Waals surface area contributed by atoms with Gasteiger partial charge in [-0.1, -0.05) is 42.1 Å². The van der Waals surface area contributed by atoms with Crippen molar-refractivity contribution in [3.05, 3.63) is 59.7 Å². The van der Waals surface area contributed by atoms with Gasteiger partial charge < -0.3 is 15.2 Å². The van der Waals surface area contributed by atoms with Crippen molar-refractivity contribution in [2.24, 2.45) is 15.9 Å². The first-order valence-electron chi connectivity index (χ1n) is 8.52. The van der Waals surface area contributed by atoms with Crippen LogP contribution in [0.2, 0.25) is 0 Å². The maximum Gasteiger partial charge on any atom is 0.439 e. The molecule has 1 unspecified atom stereocenters. The number of benzene rings is 2. The van der Waals surface area contributed by atoms with Crippen LogP contribution in [-0.4, -0.2) is 36.9 Å². The van der Waals surface area contributed by atoms with E-state index in [0.29, 0.717) is 11.3 Å². The third kappa shape index (κ3) is 7.39. The van der Waals surface area contributed by atoms with Crippen molar-refractivity contribution in [2.75, 3.05) is 7.11 Å². The molecule has 0 saturated heterocycles. The highest BCUT2D eigenvalue weighted by atomic mass is 32.2. The van der Waals surface area contributed by atoms with Crippen LogP contribution in [0.25, 0.3) is 0 Å². The molecule has 168 valence electrons. The number of methoxy groups -OCH3 is 1. The van der Waals surface area contributed by atoms with Crippen molar-refractivity contribution in [3.63, 3.8) is 0 Å². The molecule has 0 aliphatic carbocycles. The van der Waals surface area contributed by atoms with E-state index in [1.165, 1.54) is 24.0 Å². The number of hydrogen-bond acceptors (Lipinski definition) is 5. The monoisotopic (exact) mass is 465 g/mol. The fourth-order valence-corrected chi connectivity index (χ4v) is 2.76. The Morgan fingerprint density at radius 3 is 2.39 bits per heavy atom. The lowest BCUT2D eigenvalue weighted by Gasteiger charge is -2.23. The van der Waals surface area contributed by atoms with Gasteiger partial charge in [-0.05, 0) is 29.3 Å². The van der Waals surface area contributed by atoms with Crippen LogP contribution in [0.4, 0.5) is 26.3 Å². The summed E-state index contributed by atoms with van der Waals surface area (Å²) in [5.74, 6) is -0.556. The molecule has 0 saturated carbocycles. The first kappa shape index (κ1) is 24.4. The summed E-state index contributed by atoms with van der Waals surface area (Å²) in [6.45, 7) is 0. The number of rotatable bonds is 8. The molecule has 0 radical (unpaired) electrons. The number of amidine groups is 1. The SMILES string of the molecule is COc1cc(C=NN=C(N)SCc2ccccc2)ccc1OC(F)(F)C(F)C(F)(F)F. The predicted octanol–water partition coefficient (Wildman–Crippen LogP) is 5.15. The minimum Gasteiger partial charge on any atom is -0.493 e. The Hall–Kier alpha value is -2.89. The second-order valence-corrected chi connectivity index (χ2v) is 6.93. The third-order valence-electron chi connectivity index (χ3n) is 3.61. The van der Waals surface area contributed by atoms with Crippen LogP contribution in [-0.2, 0) is 5.75 Å². The normalized spacial score (nSPS) is 14.0. The molecule has 5 nitrogen and oxygen atoms in total. The van der Waals surface area contributed by atoms with E-state index in [1.807, 2.05) is 30.3 Å². The second kappa shape index (κ2) is 10.4. The minimum absolute atomic E-state index is 0.174. The van der Waals surface area contributed by atoms with Crippen molar-refractivity contribution in [3.8, 4) is 11.5 Å². The Morgan fingerprint density at radius 1 is 1.10 bits per heavy atom. The Bertz CT molecular complexity index is 923. The topological polar surface area (TPSA) is 69.2 Å². The molecule has 2 N–H and O–H groups in total. The van der Waals surface area contributed by atoms with Crippen LogP contribution in [0, 0.1) is 0 Å². The van der Waals surface area contributed by atoms with Gasteiger partial charge in [0.15, 0.2) is 16.7 Å². The standard InChI is InChI=1S/C19H17F6N3O2S/c1-29-15-9-13(7-8-14(15)30-19(24,25)16(20)18(21,22)23)10-27-28-17(26)31-11-12-5-3-2-4-6-12/h2-10,16H,11H2,1H3,(H2,26,28). The Labute approximate surface area is 177 Å². The molecular weight excluding hydrogens is 448 g/mol. The van der Waals surface area contributed by atoms with Crippen LogP contribution >= 0.6 is 11.8 Å². The van der Waals surface area contributed by atoms with E-state index in [2.05, 4.69) is 14.9 Å². The van der Waals surface area contributed by atoms with E-state index in [1.54, 1.807) is 0 Å². The van der Waals surface area contributed by atoms with Gasteiger partial charge in [-0.25, -0.2) is 4.39 Å². The lowest BCUT2D eigenvalue weighted by atomic mass is 10.2. The molecule has 0 aliphatic heterocycles. The summed E-state index contributed by atoms with van der Waals surface area (Å²) in [4.78, 5) is 0. The van der Waals surface area contributed by atoms with Gasteiger partial charge in [-0.15, -0.1) is 5.10 Å². The smallest absolute Gasteiger partial charge is 0.439 e. The quantitative estimate of drug-likeness (QED) is 0.253. The van der Waals surface area contributed by atoms with Crippen LogP contribution in [0.15, 0.2) is 58.7 Å². The minimum atomic E-state index is -5.79. The molecule has 2 rings (SSSR count). The highest BCUT2D eigenvalue weighted by Gasteiger charge is 2.59. The average molecular weight is 465 g/mol. The molecule has 0 spiro atoms. The molecule has 2 aromatic rings. The predicted molar refractivity (Wildman–Crippen MR) is 106 cm³/mol. The molecule has 0 aromatic heterocycles. The molecular formula is C19H17F6N3O2S. The first-order valence-corrected chi connectivity index (χ1v) is 9.50. The van der Waals surface area contributed by atoms with Gasteiger partial charge in [0.1, 0.15) is 0 Å². The van der Waals surface area contributed by atoms with Gasteiger partial charge in [-0.2, -0.15) is 27.1 Å². The van der Waals surface area contributed by atoms with E-state index in [9.17, 15) is 26.3 Å². The van der Waals surface area contributed by atoms with Crippen molar-refractivity contribution in [2.45, 2.75) is 24.2 Å². The number of ether oxygens (including phenoxy) is 2. The largest absolute Gasteiger partial charge is 0.493 e. The van der Waals surface area contributed by atoms with Crippen molar-refractivity contribution < 1.29 is 35.8 Å². The van der Waals surface area contributed by atoms with E-state index in [4.69, 9.17) is 10.5 Å². The lowest BCUT2D eigenvalue weighted by Crippen LogP contribution is -2.45. The van der Waals surface area contributed by atoms with Gasteiger partial charge in [0.2, 0.25) is 0 Å². The van der Waals surface area contributed by atoms with Crippen molar-refractivity contribution in [1.29, 1.82) is 0 Å². The maximum absolute atomic E-state index is 13.5. The van der Waals surface area contributed by atoms with E-state index >= 15 is 0 Å². The molecule has 31 heavy (non-hydrogen) atoms. The van der Waals surface area contributed by atoms with Gasteiger partial charge in [-0.3, -0.25) is 0 Å². The van der Waals surface area contributed by atoms with Gasteiger partial charge in [0.05, 0.1) is 13.3 Å². The highest BCUT2D eigenvalue weighted by molar-refractivity contribution is 8.13. The van der Waals surface area contributed by atoms with Gasteiger partial charge >= 0.3 is 12.3 Å².